The molecule has 2 saturated carbocycles. The molecule has 0 bridgehead atoms. The van der Waals surface area contributed by atoms with Crippen LogP contribution in [-0.2, 0) is 16.1 Å². The zero-order valence-electron chi connectivity index (χ0n) is 20.0. The standard InChI is InChI=1S/C27H30N6O3/c28-26(35)25-20-9-10-29-14-23(20)32(31-25)15-24(34)33-21-12-18(21)13-22(33)27(36)30-19-8-4-7-17(11-19)16-5-2-1-3-6-16/h1-3,5-6,9-10,14,17-19,21-22H,4,7-8,11-13,15H2,(H2,28,35)(H,30,36)/t17?,18-,19?,21?,22+/m1/s1. The van der Waals surface area contributed by atoms with Crippen molar-refractivity contribution in [2.45, 2.75) is 69.1 Å². The maximum atomic E-state index is 13.5. The van der Waals surface area contributed by atoms with Crippen LogP contribution in [0.2, 0.25) is 0 Å². The third-order valence-electron chi connectivity index (χ3n) is 8.06. The molecule has 1 saturated heterocycles. The molecule has 2 aliphatic carbocycles. The lowest BCUT2D eigenvalue weighted by Gasteiger charge is -2.33. The smallest absolute Gasteiger partial charge is 0.269 e. The Balaban J connectivity index is 1.16. The predicted molar refractivity (Wildman–Crippen MR) is 133 cm³/mol. The number of hydrogen-bond donors (Lipinski definition) is 2. The highest BCUT2D eigenvalue weighted by atomic mass is 16.2. The predicted octanol–water partition coefficient (Wildman–Crippen LogP) is 2.36. The largest absolute Gasteiger partial charge is 0.364 e. The second kappa shape index (κ2) is 9.04. The van der Waals surface area contributed by atoms with Crippen LogP contribution in [0.3, 0.4) is 0 Å². The third-order valence-corrected chi connectivity index (χ3v) is 8.06. The van der Waals surface area contributed by atoms with Gasteiger partial charge in [0.25, 0.3) is 5.91 Å². The molecule has 3 amide bonds. The molecule has 0 spiro atoms. The van der Waals surface area contributed by atoms with E-state index in [1.807, 2.05) is 6.07 Å². The number of rotatable bonds is 6. The number of nitrogens with two attached hydrogens (primary N) is 1. The molecule has 36 heavy (non-hydrogen) atoms. The highest BCUT2D eigenvalue weighted by molar-refractivity contribution is 6.04. The maximum Gasteiger partial charge on any atom is 0.269 e. The fraction of sp³-hybridized carbons (Fsp3) is 0.444. The van der Waals surface area contributed by atoms with Crippen LogP contribution in [0.1, 0.15) is 60.5 Å². The summed E-state index contributed by atoms with van der Waals surface area (Å²) in [5, 5.41) is 8.13. The van der Waals surface area contributed by atoms with Crippen molar-refractivity contribution >= 4 is 28.6 Å². The van der Waals surface area contributed by atoms with Gasteiger partial charge in [-0.05, 0) is 55.6 Å². The molecule has 3 unspecified atom stereocenters. The number of nitrogens with zero attached hydrogens (tertiary/aromatic N) is 4. The van der Waals surface area contributed by atoms with Gasteiger partial charge in [-0.3, -0.25) is 24.0 Å². The van der Waals surface area contributed by atoms with E-state index >= 15 is 0 Å². The van der Waals surface area contributed by atoms with Crippen LogP contribution in [0.25, 0.3) is 10.9 Å². The van der Waals surface area contributed by atoms with Gasteiger partial charge in [-0.25, -0.2) is 0 Å². The van der Waals surface area contributed by atoms with E-state index in [4.69, 9.17) is 5.73 Å². The number of carbonyl (C=O) groups excluding carboxylic acids is 3. The average molecular weight is 487 g/mol. The number of carbonyl (C=O) groups is 3. The minimum absolute atomic E-state index is 0.0564. The van der Waals surface area contributed by atoms with Crippen molar-refractivity contribution in [3.05, 3.63) is 60.0 Å². The van der Waals surface area contributed by atoms with Gasteiger partial charge >= 0.3 is 0 Å². The van der Waals surface area contributed by atoms with Crippen molar-refractivity contribution in [1.82, 2.24) is 25.0 Å². The van der Waals surface area contributed by atoms with Gasteiger partial charge in [0.15, 0.2) is 5.69 Å². The van der Waals surface area contributed by atoms with Crippen LogP contribution in [0.15, 0.2) is 48.8 Å². The number of aromatic nitrogens is 3. The second-order valence-corrected chi connectivity index (χ2v) is 10.4. The topological polar surface area (TPSA) is 123 Å². The molecule has 1 aromatic carbocycles. The summed E-state index contributed by atoms with van der Waals surface area (Å²) in [4.78, 5) is 44.6. The van der Waals surface area contributed by atoms with Crippen molar-refractivity contribution in [1.29, 1.82) is 0 Å². The first kappa shape index (κ1) is 22.7. The summed E-state index contributed by atoms with van der Waals surface area (Å²) in [5.74, 6) is -0.0554. The lowest BCUT2D eigenvalue weighted by molar-refractivity contribution is -0.140. The molecule has 2 aromatic heterocycles. The molecule has 0 radical (unpaired) electrons. The van der Waals surface area contributed by atoms with E-state index in [1.165, 1.54) is 10.2 Å². The number of benzene rings is 1. The molecule has 9 nitrogen and oxygen atoms in total. The Morgan fingerprint density at radius 3 is 2.69 bits per heavy atom. The summed E-state index contributed by atoms with van der Waals surface area (Å²) in [6.07, 6.45) is 8.86. The number of primary amides is 1. The van der Waals surface area contributed by atoms with Crippen LogP contribution in [0.4, 0.5) is 0 Å². The van der Waals surface area contributed by atoms with E-state index in [0.717, 1.165) is 32.1 Å². The molecule has 5 atom stereocenters. The monoisotopic (exact) mass is 486 g/mol. The van der Waals surface area contributed by atoms with Gasteiger partial charge in [-0.1, -0.05) is 36.8 Å². The van der Waals surface area contributed by atoms with Crippen LogP contribution < -0.4 is 11.1 Å². The van der Waals surface area contributed by atoms with Crippen molar-refractivity contribution < 1.29 is 14.4 Å². The van der Waals surface area contributed by atoms with Crippen LogP contribution in [0.5, 0.6) is 0 Å². The summed E-state index contributed by atoms with van der Waals surface area (Å²) in [6.45, 7) is -0.0675. The zero-order valence-corrected chi connectivity index (χ0v) is 20.0. The Labute approximate surface area is 209 Å². The van der Waals surface area contributed by atoms with Crippen molar-refractivity contribution in [3.63, 3.8) is 0 Å². The molecule has 3 aromatic rings. The molecule has 3 fully saturated rings. The summed E-state index contributed by atoms with van der Waals surface area (Å²) >= 11 is 0. The second-order valence-electron chi connectivity index (χ2n) is 10.4. The first-order valence-corrected chi connectivity index (χ1v) is 12.8. The fourth-order valence-corrected chi connectivity index (χ4v) is 6.23. The average Bonchev–Trinajstić information content (AvgIpc) is 3.39. The minimum atomic E-state index is -0.653. The number of fused-ring (bicyclic) bond motifs is 2. The fourth-order valence-electron chi connectivity index (χ4n) is 6.23. The summed E-state index contributed by atoms with van der Waals surface area (Å²) in [6, 6.07) is 11.9. The molecule has 3 N–H and O–H groups in total. The van der Waals surface area contributed by atoms with Crippen molar-refractivity contribution in [2.24, 2.45) is 11.7 Å². The van der Waals surface area contributed by atoms with Gasteiger partial charge in [-0.2, -0.15) is 5.10 Å². The van der Waals surface area contributed by atoms with E-state index in [9.17, 15) is 14.4 Å². The van der Waals surface area contributed by atoms with Gasteiger partial charge in [0, 0.05) is 23.7 Å². The molecule has 1 aliphatic heterocycles. The molecule has 3 heterocycles. The summed E-state index contributed by atoms with van der Waals surface area (Å²) in [5.41, 5.74) is 7.50. The Morgan fingerprint density at radius 1 is 1.06 bits per heavy atom. The molecule has 9 heteroatoms. The number of hydrogen-bond acceptors (Lipinski definition) is 5. The quantitative estimate of drug-likeness (QED) is 0.554. The Hall–Kier alpha value is -3.75. The Bertz CT molecular complexity index is 1320. The number of piperidine rings is 1. The van der Waals surface area contributed by atoms with Crippen LogP contribution in [-0.4, -0.2) is 55.5 Å². The number of amides is 3. The van der Waals surface area contributed by atoms with E-state index in [2.05, 4.69) is 39.7 Å². The third kappa shape index (κ3) is 4.12. The Morgan fingerprint density at radius 2 is 1.89 bits per heavy atom. The maximum absolute atomic E-state index is 13.5. The van der Waals surface area contributed by atoms with Gasteiger partial charge < -0.3 is 16.0 Å². The van der Waals surface area contributed by atoms with Crippen molar-refractivity contribution in [3.8, 4) is 0 Å². The van der Waals surface area contributed by atoms with Gasteiger partial charge in [0.1, 0.15) is 12.6 Å². The zero-order chi connectivity index (χ0) is 24.8. The molecule has 6 rings (SSSR count). The number of nitrogens with one attached hydrogen (secondary N) is 1. The van der Waals surface area contributed by atoms with E-state index < -0.39 is 11.9 Å². The SMILES string of the molecule is NC(=O)c1nn(CC(=O)N2C3C[C@@H]3C[C@H]2C(=O)NC2CCCC(c3ccccc3)C2)c2cnccc12. The highest BCUT2D eigenvalue weighted by Gasteiger charge is 2.56. The first-order chi connectivity index (χ1) is 17.5. The van der Waals surface area contributed by atoms with Gasteiger partial charge in [-0.15, -0.1) is 0 Å². The lowest BCUT2D eigenvalue weighted by Crippen LogP contribution is -2.51. The number of likely N-dealkylation sites (tertiary alicyclic amines) is 1. The van der Waals surface area contributed by atoms with Gasteiger partial charge in [0.05, 0.1) is 11.7 Å². The van der Waals surface area contributed by atoms with E-state index in [0.29, 0.717) is 29.2 Å². The molecular formula is C27H30N6O3. The van der Waals surface area contributed by atoms with E-state index in [-0.39, 0.29) is 36.1 Å². The van der Waals surface area contributed by atoms with Crippen molar-refractivity contribution in [2.75, 3.05) is 0 Å². The summed E-state index contributed by atoms with van der Waals surface area (Å²) < 4.78 is 1.47. The molecule has 186 valence electrons. The normalized spacial score (nSPS) is 27.0. The Kier molecular flexibility index (Phi) is 5.70. The summed E-state index contributed by atoms with van der Waals surface area (Å²) in [7, 11) is 0. The molecule has 3 aliphatic rings. The van der Waals surface area contributed by atoms with Crippen LogP contribution >= 0.6 is 0 Å². The molecular weight excluding hydrogens is 456 g/mol. The first-order valence-electron chi connectivity index (χ1n) is 12.8. The van der Waals surface area contributed by atoms with Gasteiger partial charge in [0.2, 0.25) is 11.8 Å². The number of pyridine rings is 1. The lowest BCUT2D eigenvalue weighted by atomic mass is 9.81. The van der Waals surface area contributed by atoms with E-state index in [1.54, 1.807) is 23.4 Å². The van der Waals surface area contributed by atoms with Crippen LogP contribution in [0, 0.1) is 5.92 Å². The highest BCUT2D eigenvalue weighted by Crippen LogP contribution is 2.48. The minimum Gasteiger partial charge on any atom is -0.364 e.